The summed E-state index contributed by atoms with van der Waals surface area (Å²) in [6.45, 7) is 6.34. The van der Waals surface area contributed by atoms with Gasteiger partial charge >= 0.3 is 5.97 Å². The third-order valence-corrected chi connectivity index (χ3v) is 8.81. The molecule has 3 rings (SSSR count). The predicted molar refractivity (Wildman–Crippen MR) is 121 cm³/mol. The molecule has 1 saturated carbocycles. The van der Waals surface area contributed by atoms with E-state index in [1.54, 1.807) is 0 Å². The molecule has 0 N–H and O–H groups in total. The molecule has 3 unspecified atom stereocenters. The van der Waals surface area contributed by atoms with Crippen LogP contribution in [-0.2, 0) is 22.7 Å². The van der Waals surface area contributed by atoms with Crippen molar-refractivity contribution in [2.75, 3.05) is 0 Å². The Balaban J connectivity index is 1.56. The summed E-state index contributed by atoms with van der Waals surface area (Å²) in [6.07, 6.45) is 4.80. The summed E-state index contributed by atoms with van der Waals surface area (Å²) < 4.78 is 6.32. The Morgan fingerprint density at radius 1 is 1.32 bits per heavy atom. The van der Waals surface area contributed by atoms with Crippen molar-refractivity contribution in [1.82, 2.24) is 4.57 Å². The molecule has 0 bridgehead atoms. The number of esters is 1. The largest absolute Gasteiger partial charge is 0.444 e. The lowest BCUT2D eigenvalue weighted by molar-refractivity contribution is -0.150. The van der Waals surface area contributed by atoms with Gasteiger partial charge in [0.2, 0.25) is 0 Å². The van der Waals surface area contributed by atoms with E-state index in [2.05, 4.69) is 69.1 Å². The number of ether oxygens (including phenoxy) is 1. The molecule has 0 spiro atoms. The Labute approximate surface area is 193 Å². The maximum atomic E-state index is 12.6. The zero-order valence-corrected chi connectivity index (χ0v) is 20.6. The van der Waals surface area contributed by atoms with Gasteiger partial charge in [-0.1, -0.05) is 82.8 Å². The van der Waals surface area contributed by atoms with Crippen LogP contribution in [0, 0.1) is 24.2 Å². The molecule has 1 aliphatic carbocycles. The van der Waals surface area contributed by atoms with Crippen molar-refractivity contribution in [3.05, 3.63) is 59.4 Å². The Morgan fingerprint density at radius 2 is 2.04 bits per heavy atom. The third-order valence-electron chi connectivity index (χ3n) is 5.45. The SMILES string of the molecule is Cc1cccc(Cc2ccn(COC(=O)C3C(C(Br)C(Cl)(Cl)Br)C3(C)C)c2)c1. The van der Waals surface area contributed by atoms with Gasteiger partial charge < -0.3 is 9.30 Å². The lowest BCUT2D eigenvalue weighted by Gasteiger charge is -2.20. The molecule has 28 heavy (non-hydrogen) atoms. The number of carbonyl (C=O) groups is 1. The first kappa shape index (κ1) is 22.2. The average molecular weight is 552 g/mol. The molecule has 1 aromatic heterocycles. The molecule has 0 amide bonds. The van der Waals surface area contributed by atoms with Gasteiger partial charge in [0.1, 0.15) is 0 Å². The van der Waals surface area contributed by atoms with Gasteiger partial charge in [0.25, 0.3) is 0 Å². The van der Waals surface area contributed by atoms with E-state index in [0.717, 1.165) is 6.42 Å². The maximum absolute atomic E-state index is 12.6. The number of benzene rings is 1. The quantitative estimate of drug-likeness (QED) is 0.292. The third kappa shape index (κ3) is 4.97. The van der Waals surface area contributed by atoms with Gasteiger partial charge in [-0.2, -0.15) is 0 Å². The van der Waals surface area contributed by atoms with E-state index in [4.69, 9.17) is 27.9 Å². The second-order valence-electron chi connectivity index (χ2n) is 8.06. The number of hydrogen-bond donors (Lipinski definition) is 0. The van der Waals surface area contributed by atoms with Crippen LogP contribution in [0.3, 0.4) is 0 Å². The molecule has 2 aromatic rings. The average Bonchev–Trinajstić information content (AvgIpc) is 2.92. The first-order valence-corrected chi connectivity index (χ1v) is 11.5. The van der Waals surface area contributed by atoms with Gasteiger partial charge in [-0.05, 0) is 57.8 Å². The van der Waals surface area contributed by atoms with E-state index in [-0.39, 0.29) is 34.8 Å². The highest BCUT2D eigenvalue weighted by molar-refractivity contribution is 9.13. The van der Waals surface area contributed by atoms with E-state index in [9.17, 15) is 4.79 Å². The monoisotopic (exact) mass is 549 g/mol. The van der Waals surface area contributed by atoms with Crippen LogP contribution in [0.5, 0.6) is 0 Å². The van der Waals surface area contributed by atoms with E-state index < -0.39 is 3.24 Å². The van der Waals surface area contributed by atoms with Gasteiger partial charge in [0.05, 0.1) is 10.7 Å². The summed E-state index contributed by atoms with van der Waals surface area (Å²) in [5.74, 6) is -0.469. The second kappa shape index (κ2) is 8.33. The Bertz CT molecular complexity index is 860. The van der Waals surface area contributed by atoms with Crippen LogP contribution in [0.4, 0.5) is 0 Å². The van der Waals surface area contributed by atoms with E-state index in [1.807, 2.05) is 30.8 Å². The van der Waals surface area contributed by atoms with Crippen LogP contribution in [-0.4, -0.2) is 18.6 Å². The lowest BCUT2D eigenvalue weighted by atomic mass is 10.1. The standard InChI is InChI=1S/C21H23Br2Cl2NO2/c1-13-5-4-6-14(9-13)10-15-7-8-26(11-15)12-28-19(27)17-16(20(17,2)3)18(22)21(23,24)25/h4-9,11,16-18H,10,12H2,1-3H3. The molecule has 1 aromatic carbocycles. The Kier molecular flexibility index (Phi) is 6.60. The van der Waals surface area contributed by atoms with Crippen LogP contribution >= 0.6 is 55.1 Å². The number of hydrogen-bond acceptors (Lipinski definition) is 2. The number of aryl methyl sites for hydroxylation is 1. The normalized spacial score (nSPS) is 22.0. The molecule has 7 heteroatoms. The fraction of sp³-hybridized carbons (Fsp3) is 0.476. The van der Waals surface area contributed by atoms with Gasteiger partial charge in [-0.15, -0.1) is 0 Å². The minimum atomic E-state index is -1.13. The number of alkyl halides is 4. The van der Waals surface area contributed by atoms with E-state index >= 15 is 0 Å². The van der Waals surface area contributed by atoms with Crippen LogP contribution in [0.15, 0.2) is 42.7 Å². The minimum Gasteiger partial charge on any atom is -0.444 e. The highest BCUT2D eigenvalue weighted by atomic mass is 79.9. The molecule has 1 aliphatic rings. The Hall–Kier alpha value is -0.490. The summed E-state index contributed by atoms with van der Waals surface area (Å²) in [5.41, 5.74) is 3.47. The van der Waals surface area contributed by atoms with Gasteiger partial charge in [0, 0.05) is 12.4 Å². The summed E-state index contributed by atoms with van der Waals surface area (Å²) >= 11 is 19.1. The molecular formula is C21H23Br2Cl2NO2. The zero-order chi connectivity index (χ0) is 20.7. The van der Waals surface area contributed by atoms with Crippen LogP contribution in [0.25, 0.3) is 0 Å². The number of aromatic nitrogens is 1. The maximum Gasteiger partial charge on any atom is 0.311 e. The second-order valence-corrected chi connectivity index (χ2v) is 12.6. The van der Waals surface area contributed by atoms with Crippen LogP contribution < -0.4 is 0 Å². The summed E-state index contributed by atoms with van der Waals surface area (Å²) in [5, 5.41) is 0. The van der Waals surface area contributed by atoms with Crippen molar-refractivity contribution in [3.63, 3.8) is 0 Å². The summed E-state index contributed by atoms with van der Waals surface area (Å²) in [4.78, 5) is 12.4. The van der Waals surface area contributed by atoms with Gasteiger partial charge in [-0.3, -0.25) is 4.79 Å². The predicted octanol–water partition coefficient (Wildman–Crippen LogP) is 6.45. The molecule has 152 valence electrons. The summed E-state index contributed by atoms with van der Waals surface area (Å²) in [7, 11) is 0. The van der Waals surface area contributed by atoms with Gasteiger partial charge in [-0.25, -0.2) is 0 Å². The minimum absolute atomic E-state index is 0.00378. The number of rotatable bonds is 7. The van der Waals surface area contributed by atoms with Crippen molar-refractivity contribution >= 4 is 61.0 Å². The molecule has 0 aliphatic heterocycles. The highest BCUT2D eigenvalue weighted by Gasteiger charge is 2.67. The first-order chi connectivity index (χ1) is 13.0. The van der Waals surface area contributed by atoms with Crippen molar-refractivity contribution < 1.29 is 9.53 Å². The molecule has 1 fully saturated rings. The van der Waals surface area contributed by atoms with Crippen molar-refractivity contribution in [1.29, 1.82) is 0 Å². The Morgan fingerprint density at radius 3 is 2.68 bits per heavy atom. The van der Waals surface area contributed by atoms with E-state index in [1.165, 1.54) is 16.7 Å². The number of halogens is 4. The topological polar surface area (TPSA) is 31.2 Å². The lowest BCUT2D eigenvalue weighted by Crippen LogP contribution is -2.23. The summed E-state index contributed by atoms with van der Waals surface area (Å²) in [6, 6.07) is 10.5. The first-order valence-electron chi connectivity index (χ1n) is 9.08. The molecule has 3 atom stereocenters. The smallest absolute Gasteiger partial charge is 0.311 e. The highest BCUT2D eigenvalue weighted by Crippen LogP contribution is 2.65. The molecule has 3 nitrogen and oxygen atoms in total. The van der Waals surface area contributed by atoms with Crippen molar-refractivity contribution in [3.8, 4) is 0 Å². The fourth-order valence-corrected chi connectivity index (χ4v) is 5.38. The van der Waals surface area contributed by atoms with Crippen LogP contribution in [0.1, 0.15) is 30.5 Å². The fourth-order valence-electron chi connectivity index (χ4n) is 3.84. The molecule has 0 saturated heterocycles. The van der Waals surface area contributed by atoms with Gasteiger partial charge in [0.15, 0.2) is 9.97 Å². The van der Waals surface area contributed by atoms with E-state index in [0.29, 0.717) is 0 Å². The number of carbonyl (C=O) groups excluding carboxylic acids is 1. The number of nitrogens with zero attached hydrogens (tertiary/aromatic N) is 1. The van der Waals surface area contributed by atoms with Crippen LogP contribution in [0.2, 0.25) is 0 Å². The zero-order valence-electron chi connectivity index (χ0n) is 16.0. The van der Waals surface area contributed by atoms with Crippen molar-refractivity contribution in [2.24, 2.45) is 17.3 Å². The molecule has 1 heterocycles. The molecule has 0 radical (unpaired) electrons. The molecular weight excluding hydrogens is 529 g/mol. The van der Waals surface area contributed by atoms with Crippen molar-refractivity contribution in [2.45, 2.75) is 42.0 Å².